The van der Waals surface area contributed by atoms with E-state index in [4.69, 9.17) is 26.8 Å². The number of aromatic nitrogens is 2. The highest BCUT2D eigenvalue weighted by atomic mass is 35.5. The van der Waals surface area contributed by atoms with Gasteiger partial charge in [-0.2, -0.15) is 0 Å². The van der Waals surface area contributed by atoms with E-state index in [9.17, 15) is 0 Å². The number of nitrogens with two attached hydrogens (primary N) is 1. The number of halogens is 1. The van der Waals surface area contributed by atoms with Gasteiger partial charge in [0.05, 0.1) is 16.4 Å². The maximum absolute atomic E-state index is 6.05. The Labute approximate surface area is 125 Å². The fourth-order valence-electron chi connectivity index (χ4n) is 2.54. The predicted octanol–water partition coefficient (Wildman–Crippen LogP) is 2.84. The molecule has 0 fully saturated rings. The summed E-state index contributed by atoms with van der Waals surface area (Å²) in [6.07, 6.45) is 1.82. The molecule has 2 N–H and O–H groups in total. The second-order valence-electron chi connectivity index (χ2n) is 4.75. The minimum Gasteiger partial charge on any atom is -0.454 e. The summed E-state index contributed by atoms with van der Waals surface area (Å²) in [5.74, 6) is 1.48. The lowest BCUT2D eigenvalue weighted by atomic mass is 10.1. The Morgan fingerprint density at radius 1 is 1.19 bits per heavy atom. The fraction of sp³-hybridized carbons (Fsp3) is 0.133. The van der Waals surface area contributed by atoms with Gasteiger partial charge in [-0.3, -0.25) is 0 Å². The Hall–Kier alpha value is -2.24. The highest BCUT2D eigenvalue weighted by Gasteiger charge is 2.18. The molecule has 21 heavy (non-hydrogen) atoms. The molecule has 0 unspecified atom stereocenters. The van der Waals surface area contributed by atoms with Crippen LogP contribution in [-0.2, 0) is 6.54 Å². The van der Waals surface area contributed by atoms with Gasteiger partial charge in [-0.25, -0.2) is 4.98 Å². The maximum Gasteiger partial charge on any atom is 0.231 e. The van der Waals surface area contributed by atoms with E-state index < -0.39 is 0 Å². The molecule has 4 rings (SSSR count). The van der Waals surface area contributed by atoms with Crippen molar-refractivity contribution in [3.63, 3.8) is 0 Å². The largest absolute Gasteiger partial charge is 0.454 e. The molecule has 0 amide bonds. The molecule has 3 heterocycles. The third kappa shape index (κ3) is 1.93. The SMILES string of the molecule is NCc1c(-c2ccc3c(c2)OCO3)nc2ccc(Cl)cn12. The lowest BCUT2D eigenvalue weighted by Crippen LogP contribution is -2.02. The number of ether oxygens (including phenoxy) is 2. The van der Waals surface area contributed by atoms with Gasteiger partial charge in [0.25, 0.3) is 0 Å². The van der Waals surface area contributed by atoms with Gasteiger partial charge in [-0.15, -0.1) is 0 Å². The van der Waals surface area contributed by atoms with Crippen LogP contribution in [-0.4, -0.2) is 16.2 Å². The number of hydrogen-bond donors (Lipinski definition) is 1. The van der Waals surface area contributed by atoms with Gasteiger partial charge in [0.2, 0.25) is 6.79 Å². The second-order valence-corrected chi connectivity index (χ2v) is 5.19. The van der Waals surface area contributed by atoms with Crippen LogP contribution in [0.1, 0.15) is 5.69 Å². The third-order valence-electron chi connectivity index (χ3n) is 3.52. The van der Waals surface area contributed by atoms with Crippen LogP contribution < -0.4 is 15.2 Å². The van der Waals surface area contributed by atoms with Crippen molar-refractivity contribution in [2.45, 2.75) is 6.54 Å². The molecule has 1 aliphatic rings. The first kappa shape index (κ1) is 12.5. The number of fused-ring (bicyclic) bond motifs is 2. The Bertz CT molecular complexity index is 844. The summed E-state index contributed by atoms with van der Waals surface area (Å²) < 4.78 is 12.7. The fourth-order valence-corrected chi connectivity index (χ4v) is 2.70. The molecule has 2 aromatic heterocycles. The first-order valence-corrected chi connectivity index (χ1v) is 6.90. The van der Waals surface area contributed by atoms with Gasteiger partial charge < -0.3 is 19.6 Å². The lowest BCUT2D eigenvalue weighted by molar-refractivity contribution is 0.174. The summed E-state index contributed by atoms with van der Waals surface area (Å²) >= 11 is 6.05. The zero-order valence-electron chi connectivity index (χ0n) is 11.0. The van der Waals surface area contributed by atoms with Crippen LogP contribution in [0.25, 0.3) is 16.9 Å². The molecule has 0 atom stereocenters. The summed E-state index contributed by atoms with van der Waals surface area (Å²) in [7, 11) is 0. The van der Waals surface area contributed by atoms with Crippen LogP contribution in [0.5, 0.6) is 11.5 Å². The topological polar surface area (TPSA) is 61.8 Å². The van der Waals surface area contributed by atoms with E-state index in [-0.39, 0.29) is 6.79 Å². The van der Waals surface area contributed by atoms with Crippen LogP contribution in [0.2, 0.25) is 5.02 Å². The lowest BCUT2D eigenvalue weighted by Gasteiger charge is -2.04. The molecule has 0 spiro atoms. The highest BCUT2D eigenvalue weighted by Crippen LogP contribution is 2.36. The van der Waals surface area contributed by atoms with E-state index in [1.54, 1.807) is 0 Å². The Morgan fingerprint density at radius 3 is 2.90 bits per heavy atom. The number of benzene rings is 1. The molecular formula is C15H12ClN3O2. The summed E-state index contributed by atoms with van der Waals surface area (Å²) in [4.78, 5) is 4.65. The Kier molecular flexibility index (Phi) is 2.77. The normalized spacial score (nSPS) is 13.0. The first-order chi connectivity index (χ1) is 10.3. The van der Waals surface area contributed by atoms with Crippen LogP contribution in [0.15, 0.2) is 36.5 Å². The first-order valence-electron chi connectivity index (χ1n) is 6.53. The van der Waals surface area contributed by atoms with Crippen molar-refractivity contribution in [2.75, 3.05) is 6.79 Å². The summed E-state index contributed by atoms with van der Waals surface area (Å²) in [5, 5.41) is 0.645. The number of imidazole rings is 1. The van der Waals surface area contributed by atoms with Gasteiger partial charge in [0.15, 0.2) is 11.5 Å². The van der Waals surface area contributed by atoms with Gasteiger partial charge in [-0.05, 0) is 30.3 Å². The minimum atomic E-state index is 0.253. The quantitative estimate of drug-likeness (QED) is 0.790. The molecule has 0 saturated heterocycles. The van der Waals surface area contributed by atoms with Gasteiger partial charge in [0, 0.05) is 18.3 Å². The van der Waals surface area contributed by atoms with E-state index >= 15 is 0 Å². The molecule has 106 valence electrons. The van der Waals surface area contributed by atoms with E-state index in [2.05, 4.69) is 4.98 Å². The van der Waals surface area contributed by atoms with E-state index in [0.29, 0.717) is 11.6 Å². The molecule has 0 saturated carbocycles. The average molecular weight is 302 g/mol. The van der Waals surface area contributed by atoms with E-state index in [0.717, 1.165) is 34.1 Å². The number of hydrogen-bond acceptors (Lipinski definition) is 4. The standard InChI is InChI=1S/C15H12ClN3O2/c16-10-2-4-14-18-15(11(6-17)19(14)7-10)9-1-3-12-13(5-9)21-8-20-12/h1-5,7H,6,8,17H2. The van der Waals surface area contributed by atoms with E-state index in [1.807, 2.05) is 40.9 Å². The van der Waals surface area contributed by atoms with Crippen LogP contribution >= 0.6 is 11.6 Å². The molecule has 1 aromatic carbocycles. The third-order valence-corrected chi connectivity index (χ3v) is 3.74. The second kappa shape index (κ2) is 4.65. The number of nitrogens with zero attached hydrogens (tertiary/aromatic N) is 2. The van der Waals surface area contributed by atoms with Crippen molar-refractivity contribution in [1.29, 1.82) is 0 Å². The Morgan fingerprint density at radius 2 is 2.05 bits per heavy atom. The van der Waals surface area contributed by atoms with Gasteiger partial charge >= 0.3 is 0 Å². The van der Waals surface area contributed by atoms with Crippen molar-refractivity contribution in [3.8, 4) is 22.8 Å². The van der Waals surface area contributed by atoms with Crippen molar-refractivity contribution >= 4 is 17.2 Å². The molecule has 6 heteroatoms. The van der Waals surface area contributed by atoms with Crippen molar-refractivity contribution in [1.82, 2.24) is 9.38 Å². The molecule has 0 bridgehead atoms. The smallest absolute Gasteiger partial charge is 0.231 e. The van der Waals surface area contributed by atoms with Crippen molar-refractivity contribution in [2.24, 2.45) is 5.73 Å². The van der Waals surface area contributed by atoms with Crippen molar-refractivity contribution < 1.29 is 9.47 Å². The van der Waals surface area contributed by atoms with Crippen LogP contribution in [0.4, 0.5) is 0 Å². The molecule has 3 aromatic rings. The minimum absolute atomic E-state index is 0.253. The highest BCUT2D eigenvalue weighted by molar-refractivity contribution is 6.30. The Balaban J connectivity index is 1.93. The van der Waals surface area contributed by atoms with Crippen LogP contribution in [0, 0.1) is 0 Å². The monoisotopic (exact) mass is 301 g/mol. The summed E-state index contributed by atoms with van der Waals surface area (Å²) in [6, 6.07) is 9.45. The van der Waals surface area contributed by atoms with Crippen LogP contribution in [0.3, 0.4) is 0 Å². The summed E-state index contributed by atoms with van der Waals surface area (Å²) in [6.45, 7) is 0.620. The molecule has 0 aliphatic carbocycles. The van der Waals surface area contributed by atoms with E-state index in [1.165, 1.54) is 0 Å². The van der Waals surface area contributed by atoms with Gasteiger partial charge in [-0.1, -0.05) is 11.6 Å². The zero-order chi connectivity index (χ0) is 14.4. The molecule has 1 aliphatic heterocycles. The molecule has 5 nitrogen and oxygen atoms in total. The molecular weight excluding hydrogens is 290 g/mol. The molecule has 0 radical (unpaired) electrons. The number of rotatable bonds is 2. The zero-order valence-corrected chi connectivity index (χ0v) is 11.8. The maximum atomic E-state index is 6.05. The van der Waals surface area contributed by atoms with Gasteiger partial charge in [0.1, 0.15) is 5.65 Å². The average Bonchev–Trinajstić information content (AvgIpc) is 3.09. The number of pyridine rings is 1. The van der Waals surface area contributed by atoms with Crippen molar-refractivity contribution in [3.05, 3.63) is 47.2 Å². The summed E-state index contributed by atoms with van der Waals surface area (Å²) in [5.41, 5.74) is 9.40. The predicted molar refractivity (Wildman–Crippen MR) is 79.7 cm³/mol.